The Labute approximate surface area is 185 Å². The van der Waals surface area contributed by atoms with E-state index in [0.29, 0.717) is 6.54 Å². The normalized spacial score (nSPS) is 13.6. The van der Waals surface area contributed by atoms with Crippen LogP contribution < -0.4 is 4.18 Å². The van der Waals surface area contributed by atoms with E-state index in [4.69, 9.17) is 4.18 Å². The van der Waals surface area contributed by atoms with E-state index in [1.807, 2.05) is 0 Å². The number of halogens is 2. The number of benzene rings is 3. The van der Waals surface area contributed by atoms with E-state index in [1.165, 1.54) is 24.3 Å². The molecule has 0 N–H and O–H groups in total. The molecule has 0 heterocycles. The molecule has 3 aromatic carbocycles. The van der Waals surface area contributed by atoms with Crippen LogP contribution in [-0.4, -0.2) is 25.3 Å². The fourth-order valence-electron chi connectivity index (χ4n) is 3.31. The molecule has 1 amide bonds. The van der Waals surface area contributed by atoms with Crippen LogP contribution in [0.5, 0.6) is 5.75 Å². The summed E-state index contributed by atoms with van der Waals surface area (Å²) in [7, 11) is -4.08. The van der Waals surface area contributed by atoms with Crippen molar-refractivity contribution in [3.63, 3.8) is 0 Å². The molecule has 166 valence electrons. The first kappa shape index (κ1) is 22.0. The third kappa shape index (κ3) is 5.50. The molecule has 1 aliphatic rings. The first-order chi connectivity index (χ1) is 15.3. The second-order valence-electron chi connectivity index (χ2n) is 7.69. The molecule has 3 aromatic rings. The van der Waals surface area contributed by atoms with Crippen LogP contribution in [0, 0.1) is 11.6 Å². The molecule has 0 unspecified atom stereocenters. The molecule has 0 aliphatic heterocycles. The highest BCUT2D eigenvalue weighted by Gasteiger charge is 2.32. The molecular weight excluding hydrogens is 436 g/mol. The van der Waals surface area contributed by atoms with Gasteiger partial charge in [0.15, 0.2) is 0 Å². The van der Waals surface area contributed by atoms with Gasteiger partial charge in [-0.15, -0.1) is 0 Å². The molecule has 0 atom stereocenters. The van der Waals surface area contributed by atoms with E-state index in [-0.39, 0.29) is 34.8 Å². The third-order valence-corrected chi connectivity index (χ3v) is 6.42. The van der Waals surface area contributed by atoms with Crippen molar-refractivity contribution in [2.75, 3.05) is 0 Å². The van der Waals surface area contributed by atoms with E-state index in [9.17, 15) is 22.0 Å². The Bertz CT molecular complexity index is 1190. The summed E-state index contributed by atoms with van der Waals surface area (Å²) in [4.78, 5) is 14.5. The van der Waals surface area contributed by atoms with Crippen LogP contribution in [0.25, 0.3) is 0 Å². The predicted octanol–water partition coefficient (Wildman–Crippen LogP) is 4.47. The van der Waals surface area contributed by atoms with Gasteiger partial charge in [-0.05, 0) is 72.5 Å². The molecule has 0 bridgehead atoms. The topological polar surface area (TPSA) is 63.7 Å². The van der Waals surface area contributed by atoms with Gasteiger partial charge in [0.1, 0.15) is 22.3 Å². The van der Waals surface area contributed by atoms with Gasteiger partial charge in [-0.2, -0.15) is 8.42 Å². The lowest BCUT2D eigenvalue weighted by Gasteiger charge is -2.23. The summed E-state index contributed by atoms with van der Waals surface area (Å²) in [5.74, 6) is -0.807. The Hall–Kier alpha value is -3.26. The summed E-state index contributed by atoms with van der Waals surface area (Å²) < 4.78 is 55.9. The van der Waals surface area contributed by atoms with Crippen molar-refractivity contribution in [1.82, 2.24) is 4.90 Å². The first-order valence-corrected chi connectivity index (χ1v) is 11.5. The van der Waals surface area contributed by atoms with Gasteiger partial charge in [0, 0.05) is 12.6 Å². The van der Waals surface area contributed by atoms with E-state index < -0.39 is 15.9 Å². The maximum absolute atomic E-state index is 13.1. The number of carbonyl (C=O) groups is 1. The fourth-order valence-corrected chi connectivity index (χ4v) is 4.24. The first-order valence-electron chi connectivity index (χ1n) is 10.1. The molecule has 4 rings (SSSR count). The molecule has 32 heavy (non-hydrogen) atoms. The van der Waals surface area contributed by atoms with Gasteiger partial charge < -0.3 is 9.08 Å². The van der Waals surface area contributed by atoms with Crippen molar-refractivity contribution in [2.45, 2.75) is 36.7 Å². The Morgan fingerprint density at radius 2 is 1.38 bits per heavy atom. The lowest BCUT2D eigenvalue weighted by molar-refractivity contribution is -0.131. The predicted molar refractivity (Wildman–Crippen MR) is 114 cm³/mol. The van der Waals surface area contributed by atoms with Crippen LogP contribution in [-0.2, 0) is 27.9 Å². The van der Waals surface area contributed by atoms with Gasteiger partial charge in [0.2, 0.25) is 5.91 Å². The number of nitrogens with zero attached hydrogens (tertiary/aromatic N) is 1. The highest BCUT2D eigenvalue weighted by Crippen LogP contribution is 2.29. The molecular formula is C24H21F2NO4S. The van der Waals surface area contributed by atoms with Crippen LogP contribution >= 0.6 is 0 Å². The third-order valence-electron chi connectivity index (χ3n) is 5.16. The summed E-state index contributed by atoms with van der Waals surface area (Å²) >= 11 is 0. The molecule has 0 aromatic heterocycles. The smallest absolute Gasteiger partial charge is 0.339 e. The summed E-state index contributed by atoms with van der Waals surface area (Å²) in [5, 5.41) is 0. The molecule has 0 saturated heterocycles. The lowest BCUT2D eigenvalue weighted by Crippen LogP contribution is -2.33. The SMILES string of the molecule is O=C(Cc1ccc(F)cc1)N(Cc1ccc(OS(=O)(=O)c2ccc(F)cc2)cc1)C1CC1. The molecule has 5 nitrogen and oxygen atoms in total. The van der Waals surface area contributed by atoms with Crippen LogP contribution in [0.3, 0.4) is 0 Å². The largest absolute Gasteiger partial charge is 0.379 e. The van der Waals surface area contributed by atoms with Gasteiger partial charge in [0.05, 0.1) is 6.42 Å². The molecule has 8 heteroatoms. The minimum atomic E-state index is -4.08. The molecule has 1 saturated carbocycles. The van der Waals surface area contributed by atoms with E-state index in [1.54, 1.807) is 29.2 Å². The van der Waals surface area contributed by atoms with Crippen LogP contribution in [0.4, 0.5) is 8.78 Å². The van der Waals surface area contributed by atoms with Gasteiger partial charge in [-0.1, -0.05) is 24.3 Å². The Balaban J connectivity index is 1.41. The Kier molecular flexibility index (Phi) is 6.23. The molecule has 0 radical (unpaired) electrons. The number of hydrogen-bond acceptors (Lipinski definition) is 4. The molecule has 1 aliphatic carbocycles. The van der Waals surface area contributed by atoms with Crippen LogP contribution in [0.15, 0.2) is 77.7 Å². The van der Waals surface area contributed by atoms with Crippen molar-refractivity contribution in [3.8, 4) is 5.75 Å². The number of rotatable bonds is 8. The van der Waals surface area contributed by atoms with E-state index in [0.717, 1.165) is 48.2 Å². The standard InChI is InChI=1S/C24H21F2NO4S/c25-19-5-1-17(2-6-19)15-24(28)27(21-9-10-21)16-18-3-11-22(12-4-18)31-32(29,30)23-13-7-20(26)8-14-23/h1-8,11-14,21H,9-10,15-16H2. The zero-order valence-corrected chi connectivity index (χ0v) is 17.9. The summed E-state index contributed by atoms with van der Waals surface area (Å²) in [5.41, 5.74) is 1.58. The number of carbonyl (C=O) groups excluding carboxylic acids is 1. The lowest BCUT2D eigenvalue weighted by atomic mass is 10.1. The maximum atomic E-state index is 13.1. The average molecular weight is 457 g/mol. The summed E-state index contributed by atoms with van der Waals surface area (Å²) in [6.45, 7) is 0.385. The Morgan fingerprint density at radius 1 is 0.844 bits per heavy atom. The van der Waals surface area contributed by atoms with E-state index >= 15 is 0 Å². The molecule has 0 spiro atoms. The molecule has 1 fully saturated rings. The second-order valence-corrected chi connectivity index (χ2v) is 9.24. The summed E-state index contributed by atoms with van der Waals surface area (Å²) in [6, 6.07) is 16.9. The average Bonchev–Trinajstić information content (AvgIpc) is 3.60. The number of hydrogen-bond donors (Lipinski definition) is 0. The minimum Gasteiger partial charge on any atom is -0.379 e. The van der Waals surface area contributed by atoms with Gasteiger partial charge in [-0.3, -0.25) is 4.79 Å². The zero-order valence-electron chi connectivity index (χ0n) is 17.1. The van der Waals surface area contributed by atoms with E-state index in [2.05, 4.69) is 0 Å². The van der Waals surface area contributed by atoms with Crippen molar-refractivity contribution in [2.24, 2.45) is 0 Å². The van der Waals surface area contributed by atoms with Crippen molar-refractivity contribution in [3.05, 3.63) is 95.6 Å². The Morgan fingerprint density at radius 3 is 1.94 bits per heavy atom. The van der Waals surface area contributed by atoms with Crippen molar-refractivity contribution in [1.29, 1.82) is 0 Å². The quantitative estimate of drug-likeness (QED) is 0.469. The van der Waals surface area contributed by atoms with Gasteiger partial charge >= 0.3 is 10.1 Å². The zero-order chi connectivity index (χ0) is 22.7. The monoisotopic (exact) mass is 457 g/mol. The van der Waals surface area contributed by atoms with Crippen LogP contribution in [0.1, 0.15) is 24.0 Å². The highest BCUT2D eigenvalue weighted by atomic mass is 32.2. The minimum absolute atomic E-state index is 0.0432. The van der Waals surface area contributed by atoms with Crippen LogP contribution in [0.2, 0.25) is 0 Å². The van der Waals surface area contributed by atoms with Crippen molar-refractivity contribution >= 4 is 16.0 Å². The fraction of sp³-hybridized carbons (Fsp3) is 0.208. The second kappa shape index (κ2) is 9.08. The highest BCUT2D eigenvalue weighted by molar-refractivity contribution is 7.87. The maximum Gasteiger partial charge on any atom is 0.339 e. The van der Waals surface area contributed by atoms with Crippen molar-refractivity contribution < 1.29 is 26.2 Å². The van der Waals surface area contributed by atoms with Gasteiger partial charge in [0.25, 0.3) is 0 Å². The number of amides is 1. The summed E-state index contributed by atoms with van der Waals surface area (Å²) in [6.07, 6.45) is 2.06. The van der Waals surface area contributed by atoms with Gasteiger partial charge in [-0.25, -0.2) is 8.78 Å².